The fourth-order valence-corrected chi connectivity index (χ4v) is 5.56. The summed E-state index contributed by atoms with van der Waals surface area (Å²) in [5, 5.41) is 0. The normalized spacial score (nSPS) is 21.7. The minimum Gasteiger partial charge on any atom is -0.454 e. The first-order chi connectivity index (χ1) is 15.1. The second-order valence-electron chi connectivity index (χ2n) is 9.37. The minimum absolute atomic E-state index is 0.101. The van der Waals surface area contributed by atoms with Crippen molar-refractivity contribution in [3.8, 4) is 11.5 Å². The zero-order valence-corrected chi connectivity index (χ0v) is 17.6. The van der Waals surface area contributed by atoms with Gasteiger partial charge in [-0.3, -0.25) is 9.69 Å². The molecule has 0 atom stereocenters. The molecule has 2 aromatic rings. The van der Waals surface area contributed by atoms with Crippen molar-refractivity contribution >= 4 is 5.91 Å². The lowest BCUT2D eigenvalue weighted by molar-refractivity contribution is 0.0671. The summed E-state index contributed by atoms with van der Waals surface area (Å²) in [6, 6.07) is 10.7. The third kappa shape index (κ3) is 3.28. The number of fused-ring (bicyclic) bond motifs is 3. The zero-order chi connectivity index (χ0) is 21.0. The Morgan fingerprint density at radius 1 is 1.03 bits per heavy atom. The van der Waals surface area contributed by atoms with E-state index in [1.54, 1.807) is 0 Å². The van der Waals surface area contributed by atoms with E-state index in [0.29, 0.717) is 11.7 Å². The number of hydrogen-bond acceptors (Lipinski definition) is 4. The molecule has 0 radical (unpaired) electrons. The van der Waals surface area contributed by atoms with Gasteiger partial charge in [0.05, 0.1) is 5.54 Å². The van der Waals surface area contributed by atoms with Crippen molar-refractivity contribution in [3.05, 3.63) is 58.9 Å². The van der Waals surface area contributed by atoms with Crippen LogP contribution in [0, 0.1) is 11.7 Å². The number of likely N-dealkylation sites (tertiary alicyclic amines) is 1. The second kappa shape index (κ2) is 7.23. The first kappa shape index (κ1) is 19.1. The molecule has 0 unspecified atom stereocenters. The van der Waals surface area contributed by atoms with E-state index in [0.717, 1.165) is 80.7 Å². The van der Waals surface area contributed by atoms with Crippen molar-refractivity contribution in [2.24, 2.45) is 5.92 Å². The standard InChI is InChI=1S/C25H27FN2O3/c26-19-3-1-18(2-4-19)15-27-10-5-17(6-11-27)7-12-28-24(29)20-13-22-23(31-16-30-22)14-21(20)25(28)8-9-25/h1-4,13-14,17H,5-12,15-16H2. The number of amides is 1. The molecule has 162 valence electrons. The quantitative estimate of drug-likeness (QED) is 0.721. The fraction of sp³-hybridized carbons (Fsp3) is 0.480. The first-order valence-electron chi connectivity index (χ1n) is 11.4. The van der Waals surface area contributed by atoms with Crippen LogP contribution in [0.15, 0.2) is 36.4 Å². The number of carbonyl (C=O) groups excluding carboxylic acids is 1. The number of ether oxygens (including phenoxy) is 2. The Labute approximate surface area is 181 Å². The molecule has 0 aromatic heterocycles. The van der Waals surface area contributed by atoms with E-state index in [2.05, 4.69) is 9.80 Å². The first-order valence-corrected chi connectivity index (χ1v) is 11.4. The fourth-order valence-electron chi connectivity index (χ4n) is 5.56. The predicted octanol–water partition coefficient (Wildman–Crippen LogP) is 4.30. The maximum Gasteiger partial charge on any atom is 0.255 e. The van der Waals surface area contributed by atoms with E-state index >= 15 is 0 Å². The summed E-state index contributed by atoms with van der Waals surface area (Å²) < 4.78 is 24.2. The molecular weight excluding hydrogens is 395 g/mol. The molecule has 1 saturated carbocycles. The summed E-state index contributed by atoms with van der Waals surface area (Å²) in [4.78, 5) is 17.8. The van der Waals surface area contributed by atoms with Gasteiger partial charge in [0, 0.05) is 18.7 Å². The molecule has 1 aliphatic carbocycles. The number of piperidine rings is 1. The van der Waals surface area contributed by atoms with E-state index in [1.165, 1.54) is 12.1 Å². The predicted molar refractivity (Wildman–Crippen MR) is 114 cm³/mol. The average molecular weight is 423 g/mol. The van der Waals surface area contributed by atoms with Gasteiger partial charge in [0.1, 0.15) is 5.82 Å². The van der Waals surface area contributed by atoms with Crippen LogP contribution in [0.4, 0.5) is 4.39 Å². The molecule has 3 aliphatic heterocycles. The van der Waals surface area contributed by atoms with Gasteiger partial charge in [-0.15, -0.1) is 0 Å². The van der Waals surface area contributed by atoms with E-state index < -0.39 is 0 Å². The van der Waals surface area contributed by atoms with Crippen molar-refractivity contribution in [2.75, 3.05) is 26.4 Å². The molecule has 3 heterocycles. The van der Waals surface area contributed by atoms with Crippen molar-refractivity contribution in [2.45, 2.75) is 44.2 Å². The van der Waals surface area contributed by atoms with Gasteiger partial charge < -0.3 is 14.4 Å². The number of rotatable bonds is 5. The van der Waals surface area contributed by atoms with Gasteiger partial charge in [-0.2, -0.15) is 0 Å². The van der Waals surface area contributed by atoms with Gasteiger partial charge in [0.2, 0.25) is 6.79 Å². The van der Waals surface area contributed by atoms with Crippen LogP contribution in [-0.4, -0.2) is 42.1 Å². The Kier molecular flexibility index (Phi) is 4.46. The number of hydrogen-bond donors (Lipinski definition) is 0. The molecule has 1 saturated heterocycles. The maximum atomic E-state index is 13.2. The smallest absolute Gasteiger partial charge is 0.255 e. The highest BCUT2D eigenvalue weighted by atomic mass is 19.1. The van der Waals surface area contributed by atoms with Crippen LogP contribution >= 0.6 is 0 Å². The van der Waals surface area contributed by atoms with Crippen molar-refractivity contribution in [3.63, 3.8) is 0 Å². The Balaban J connectivity index is 1.06. The lowest BCUT2D eigenvalue weighted by Crippen LogP contribution is -2.37. The van der Waals surface area contributed by atoms with Gasteiger partial charge in [0.15, 0.2) is 11.5 Å². The molecule has 0 N–H and O–H groups in total. The van der Waals surface area contributed by atoms with E-state index in [1.807, 2.05) is 24.3 Å². The summed E-state index contributed by atoms with van der Waals surface area (Å²) in [5.41, 5.74) is 3.00. The van der Waals surface area contributed by atoms with Crippen LogP contribution in [-0.2, 0) is 12.1 Å². The molecule has 6 heteroatoms. The Morgan fingerprint density at radius 3 is 2.45 bits per heavy atom. The monoisotopic (exact) mass is 422 g/mol. The molecule has 2 fully saturated rings. The molecule has 5 nitrogen and oxygen atoms in total. The van der Waals surface area contributed by atoms with Gasteiger partial charge >= 0.3 is 0 Å². The number of halogens is 1. The molecule has 4 aliphatic rings. The van der Waals surface area contributed by atoms with Gasteiger partial charge in [-0.25, -0.2) is 4.39 Å². The summed E-state index contributed by atoms with van der Waals surface area (Å²) >= 11 is 0. The number of nitrogens with zero attached hydrogens (tertiary/aromatic N) is 2. The molecule has 2 aromatic carbocycles. The van der Waals surface area contributed by atoms with E-state index in [4.69, 9.17) is 9.47 Å². The topological polar surface area (TPSA) is 42.0 Å². The Morgan fingerprint density at radius 2 is 1.74 bits per heavy atom. The lowest BCUT2D eigenvalue weighted by atomic mass is 9.92. The molecule has 1 spiro atoms. The minimum atomic E-state index is -0.181. The highest BCUT2D eigenvalue weighted by Crippen LogP contribution is 2.58. The van der Waals surface area contributed by atoms with Gasteiger partial charge in [-0.1, -0.05) is 12.1 Å². The van der Waals surface area contributed by atoms with Crippen molar-refractivity contribution < 1.29 is 18.7 Å². The summed E-state index contributed by atoms with van der Waals surface area (Å²) in [7, 11) is 0. The van der Waals surface area contributed by atoms with Crippen LogP contribution in [0.2, 0.25) is 0 Å². The van der Waals surface area contributed by atoms with E-state index in [9.17, 15) is 9.18 Å². The highest BCUT2D eigenvalue weighted by molar-refractivity contribution is 6.01. The summed E-state index contributed by atoms with van der Waals surface area (Å²) in [5.74, 6) is 2.08. The van der Waals surface area contributed by atoms with Crippen molar-refractivity contribution in [1.82, 2.24) is 9.80 Å². The SMILES string of the molecule is O=C1c2cc3c(cc2C2(CC2)N1CCC1CCN(Cc2ccc(F)cc2)CC1)OCO3. The summed E-state index contributed by atoms with van der Waals surface area (Å²) in [6.45, 7) is 4.06. The Bertz CT molecular complexity index is 1010. The molecular formula is C25H27FN2O3. The van der Waals surface area contributed by atoms with Crippen LogP contribution in [0.3, 0.4) is 0 Å². The maximum absolute atomic E-state index is 13.2. The lowest BCUT2D eigenvalue weighted by Gasteiger charge is -2.33. The zero-order valence-electron chi connectivity index (χ0n) is 17.6. The second-order valence-corrected chi connectivity index (χ2v) is 9.37. The Hall–Kier alpha value is -2.60. The average Bonchev–Trinajstić information content (AvgIpc) is 3.39. The molecule has 0 bridgehead atoms. The number of benzene rings is 2. The van der Waals surface area contributed by atoms with Crippen LogP contribution in [0.5, 0.6) is 11.5 Å². The van der Waals surface area contributed by atoms with Gasteiger partial charge in [0.25, 0.3) is 5.91 Å². The molecule has 31 heavy (non-hydrogen) atoms. The van der Waals surface area contributed by atoms with E-state index in [-0.39, 0.29) is 24.1 Å². The van der Waals surface area contributed by atoms with Gasteiger partial charge in [-0.05, 0) is 86.5 Å². The number of carbonyl (C=O) groups is 1. The third-order valence-corrected chi connectivity index (χ3v) is 7.52. The summed E-state index contributed by atoms with van der Waals surface area (Å²) in [6.07, 6.45) is 5.44. The van der Waals surface area contributed by atoms with Crippen LogP contribution < -0.4 is 9.47 Å². The highest BCUT2D eigenvalue weighted by Gasteiger charge is 2.58. The molecule has 1 amide bonds. The largest absolute Gasteiger partial charge is 0.454 e. The van der Waals surface area contributed by atoms with Crippen LogP contribution in [0.1, 0.15) is 53.6 Å². The van der Waals surface area contributed by atoms with Crippen LogP contribution in [0.25, 0.3) is 0 Å². The van der Waals surface area contributed by atoms with Crippen molar-refractivity contribution in [1.29, 1.82) is 0 Å². The molecule has 6 rings (SSSR count). The third-order valence-electron chi connectivity index (χ3n) is 7.52.